The van der Waals surface area contributed by atoms with Gasteiger partial charge in [0.1, 0.15) is 0 Å². The summed E-state index contributed by atoms with van der Waals surface area (Å²) >= 11 is 0. The molecule has 1 aromatic carbocycles. The third-order valence-electron chi connectivity index (χ3n) is 3.72. The largest absolute Gasteiger partial charge is 0.348 e. The third kappa shape index (κ3) is 5.05. The maximum absolute atomic E-state index is 12.0. The first kappa shape index (κ1) is 17.4. The fourth-order valence-electron chi connectivity index (χ4n) is 2.37. The molecule has 0 amide bonds. The molecule has 1 fully saturated rings. The van der Waals surface area contributed by atoms with Crippen molar-refractivity contribution in [2.45, 2.75) is 50.2 Å². The van der Waals surface area contributed by atoms with E-state index in [1.54, 1.807) is 24.3 Å². The van der Waals surface area contributed by atoms with Gasteiger partial charge in [0.15, 0.2) is 5.79 Å². The molecule has 0 aliphatic carbocycles. The molecule has 0 bridgehead atoms. The fraction of sp³-hybridized carbons (Fsp3) is 0.625. The van der Waals surface area contributed by atoms with Gasteiger partial charge >= 0.3 is 0 Å². The number of unbranched alkanes of at least 4 members (excludes halogenated alkanes) is 2. The van der Waals surface area contributed by atoms with Crippen LogP contribution in [0.4, 0.5) is 0 Å². The van der Waals surface area contributed by atoms with Crippen molar-refractivity contribution >= 4 is 10.1 Å². The second-order valence-electron chi connectivity index (χ2n) is 5.73. The van der Waals surface area contributed by atoms with Gasteiger partial charge in [0, 0.05) is 6.42 Å². The lowest BCUT2D eigenvalue weighted by molar-refractivity contribution is -0.147. The van der Waals surface area contributed by atoms with E-state index in [4.69, 9.17) is 13.7 Å². The summed E-state index contributed by atoms with van der Waals surface area (Å²) in [5, 5.41) is 0. The molecular formula is C16H24O5S. The van der Waals surface area contributed by atoms with Crippen molar-refractivity contribution in [1.29, 1.82) is 0 Å². The lowest BCUT2D eigenvalue weighted by Gasteiger charge is -2.21. The summed E-state index contributed by atoms with van der Waals surface area (Å²) < 4.78 is 40.0. The predicted molar refractivity (Wildman–Crippen MR) is 83.1 cm³/mol. The number of rotatable bonds is 8. The van der Waals surface area contributed by atoms with Crippen LogP contribution in [0.25, 0.3) is 0 Å². The topological polar surface area (TPSA) is 61.8 Å². The Bertz CT molecular complexity index is 559. The predicted octanol–water partition coefficient (Wildman–Crippen LogP) is 3.02. The summed E-state index contributed by atoms with van der Waals surface area (Å²) in [5.74, 6) is -0.463. The van der Waals surface area contributed by atoms with Crippen LogP contribution >= 0.6 is 0 Å². The van der Waals surface area contributed by atoms with Gasteiger partial charge in [-0.25, -0.2) is 0 Å². The van der Waals surface area contributed by atoms with Crippen molar-refractivity contribution in [2.24, 2.45) is 0 Å². The molecule has 0 spiro atoms. The Morgan fingerprint density at radius 1 is 1.09 bits per heavy atom. The van der Waals surface area contributed by atoms with Gasteiger partial charge in [0.05, 0.1) is 24.7 Å². The summed E-state index contributed by atoms with van der Waals surface area (Å²) in [6, 6.07) is 6.66. The summed E-state index contributed by atoms with van der Waals surface area (Å²) in [6.07, 6.45) is 3.31. The average molecular weight is 328 g/mol. The van der Waals surface area contributed by atoms with Crippen LogP contribution in [0.15, 0.2) is 29.2 Å². The Balaban J connectivity index is 1.66. The highest BCUT2D eigenvalue weighted by Gasteiger charge is 2.29. The quantitative estimate of drug-likeness (QED) is 0.542. The van der Waals surface area contributed by atoms with Crippen LogP contribution in [0, 0.1) is 6.92 Å². The zero-order valence-electron chi connectivity index (χ0n) is 13.2. The van der Waals surface area contributed by atoms with Gasteiger partial charge in [0.25, 0.3) is 10.1 Å². The first-order chi connectivity index (χ1) is 10.4. The minimum atomic E-state index is -3.64. The minimum absolute atomic E-state index is 0.203. The van der Waals surface area contributed by atoms with E-state index < -0.39 is 15.9 Å². The SMILES string of the molecule is Cc1ccc(S(=O)(=O)OCCCCCC2(C)OCCO2)cc1. The first-order valence-corrected chi connectivity index (χ1v) is 9.06. The third-order valence-corrected chi connectivity index (χ3v) is 5.05. The van der Waals surface area contributed by atoms with Crippen LogP contribution in [0.5, 0.6) is 0 Å². The lowest BCUT2D eigenvalue weighted by atomic mass is 10.1. The summed E-state index contributed by atoms with van der Waals surface area (Å²) in [6.45, 7) is 5.35. The van der Waals surface area contributed by atoms with Crippen molar-refractivity contribution < 1.29 is 22.1 Å². The highest BCUT2D eigenvalue weighted by molar-refractivity contribution is 7.86. The Morgan fingerprint density at radius 2 is 1.73 bits per heavy atom. The summed E-state index contributed by atoms with van der Waals surface area (Å²) in [5.41, 5.74) is 1.02. The molecule has 0 unspecified atom stereocenters. The zero-order chi connectivity index (χ0) is 16.1. The normalized spacial score (nSPS) is 17.7. The molecule has 124 valence electrons. The molecule has 1 saturated heterocycles. The molecule has 22 heavy (non-hydrogen) atoms. The Morgan fingerprint density at radius 3 is 2.36 bits per heavy atom. The van der Waals surface area contributed by atoms with Crippen LogP contribution in [0.3, 0.4) is 0 Å². The van der Waals surface area contributed by atoms with E-state index in [9.17, 15) is 8.42 Å². The molecule has 0 atom stereocenters. The minimum Gasteiger partial charge on any atom is -0.348 e. The average Bonchev–Trinajstić information content (AvgIpc) is 2.90. The van der Waals surface area contributed by atoms with Gasteiger partial charge in [-0.2, -0.15) is 8.42 Å². The van der Waals surface area contributed by atoms with E-state index in [1.807, 2.05) is 13.8 Å². The van der Waals surface area contributed by atoms with E-state index in [0.717, 1.165) is 24.8 Å². The smallest absolute Gasteiger partial charge is 0.296 e. The van der Waals surface area contributed by atoms with Gasteiger partial charge in [-0.15, -0.1) is 0 Å². The molecule has 1 aliphatic rings. The Hall–Kier alpha value is -0.950. The second-order valence-corrected chi connectivity index (χ2v) is 7.35. The van der Waals surface area contributed by atoms with Crippen LogP contribution < -0.4 is 0 Å². The first-order valence-electron chi connectivity index (χ1n) is 7.65. The molecule has 6 heteroatoms. The van der Waals surface area contributed by atoms with Crippen molar-refractivity contribution in [3.63, 3.8) is 0 Å². The second kappa shape index (κ2) is 7.55. The molecule has 2 rings (SSSR count). The monoisotopic (exact) mass is 328 g/mol. The van der Waals surface area contributed by atoms with E-state index in [2.05, 4.69) is 0 Å². The van der Waals surface area contributed by atoms with Crippen molar-refractivity contribution in [3.8, 4) is 0 Å². The highest BCUT2D eigenvalue weighted by atomic mass is 32.2. The molecular weight excluding hydrogens is 304 g/mol. The van der Waals surface area contributed by atoms with Crippen LogP contribution in [0.2, 0.25) is 0 Å². The van der Waals surface area contributed by atoms with Gasteiger partial charge in [-0.05, 0) is 38.8 Å². The van der Waals surface area contributed by atoms with Gasteiger partial charge < -0.3 is 9.47 Å². The maximum Gasteiger partial charge on any atom is 0.296 e. The zero-order valence-corrected chi connectivity index (χ0v) is 14.0. The molecule has 5 nitrogen and oxygen atoms in total. The summed E-state index contributed by atoms with van der Waals surface area (Å²) in [7, 11) is -3.64. The van der Waals surface area contributed by atoms with E-state index in [-0.39, 0.29) is 11.5 Å². The maximum atomic E-state index is 12.0. The van der Waals surface area contributed by atoms with Gasteiger partial charge in [-0.3, -0.25) is 4.18 Å². The number of aryl methyl sites for hydroxylation is 1. The summed E-state index contributed by atoms with van der Waals surface area (Å²) in [4.78, 5) is 0.207. The molecule has 1 aromatic rings. The van der Waals surface area contributed by atoms with Crippen LogP contribution in [-0.4, -0.2) is 34.0 Å². The lowest BCUT2D eigenvalue weighted by Crippen LogP contribution is -2.25. The number of hydrogen-bond acceptors (Lipinski definition) is 5. The molecule has 1 aliphatic heterocycles. The van der Waals surface area contributed by atoms with Gasteiger partial charge in [-0.1, -0.05) is 24.1 Å². The van der Waals surface area contributed by atoms with E-state index in [1.165, 1.54) is 0 Å². The standard InChI is InChI=1S/C16H24O5S/c1-14-6-8-15(9-7-14)22(17,18)21-11-5-3-4-10-16(2)19-12-13-20-16/h6-9H,3-5,10-13H2,1-2H3. The van der Waals surface area contributed by atoms with E-state index >= 15 is 0 Å². The highest BCUT2D eigenvalue weighted by Crippen LogP contribution is 2.25. The number of ether oxygens (including phenoxy) is 2. The van der Waals surface area contributed by atoms with Crippen molar-refractivity contribution in [1.82, 2.24) is 0 Å². The number of hydrogen-bond donors (Lipinski definition) is 0. The number of benzene rings is 1. The van der Waals surface area contributed by atoms with Crippen molar-refractivity contribution in [2.75, 3.05) is 19.8 Å². The van der Waals surface area contributed by atoms with Crippen LogP contribution in [0.1, 0.15) is 38.2 Å². The Kier molecular flexibility index (Phi) is 5.97. The van der Waals surface area contributed by atoms with Crippen LogP contribution in [-0.2, 0) is 23.8 Å². The molecule has 1 heterocycles. The van der Waals surface area contributed by atoms with Gasteiger partial charge in [0.2, 0.25) is 0 Å². The van der Waals surface area contributed by atoms with E-state index in [0.29, 0.717) is 19.6 Å². The fourth-order valence-corrected chi connectivity index (χ4v) is 3.31. The molecule has 0 N–H and O–H groups in total. The Labute approximate surface area is 132 Å². The van der Waals surface area contributed by atoms with Crippen molar-refractivity contribution in [3.05, 3.63) is 29.8 Å². The molecule has 0 saturated carbocycles. The molecule has 0 radical (unpaired) electrons. The molecule has 0 aromatic heterocycles.